The molecule has 1 atom stereocenters. The summed E-state index contributed by atoms with van der Waals surface area (Å²) in [5, 5.41) is 3.77. The van der Waals surface area contributed by atoms with Crippen LogP contribution in [-0.2, 0) is 0 Å². The van der Waals surface area contributed by atoms with E-state index in [-0.39, 0.29) is 0 Å². The molecule has 1 aromatic heterocycles. The van der Waals surface area contributed by atoms with Gasteiger partial charge in [0.05, 0.1) is 22.6 Å². The zero-order valence-electron chi connectivity index (χ0n) is 8.61. The average Bonchev–Trinajstić information content (AvgIpc) is 2.78. The fourth-order valence-corrected chi connectivity index (χ4v) is 1.98. The Morgan fingerprint density at radius 2 is 2.06 bits per heavy atom. The zero-order valence-corrected chi connectivity index (χ0v) is 10.8. The van der Waals surface area contributed by atoms with Crippen LogP contribution in [-0.4, -0.2) is 14.2 Å². The average molecular weight is 348 g/mol. The summed E-state index contributed by atoms with van der Waals surface area (Å²) in [6, 6.07) is 4.93. The zero-order chi connectivity index (χ0) is 12.0. The second-order valence-corrected chi connectivity index (χ2v) is 4.75. The Bertz CT molecular complexity index is 585. The van der Waals surface area contributed by atoms with E-state index in [4.69, 9.17) is 14.0 Å². The topological polar surface area (TPSA) is 57.4 Å². The summed E-state index contributed by atoms with van der Waals surface area (Å²) >= 11 is 1.43. The lowest BCUT2D eigenvalue weighted by Crippen LogP contribution is -2.23. The number of rotatable bonds is 1. The van der Waals surface area contributed by atoms with Crippen LogP contribution in [0.2, 0.25) is 0 Å². The van der Waals surface area contributed by atoms with E-state index >= 15 is 0 Å². The molecule has 1 unspecified atom stereocenters. The van der Waals surface area contributed by atoms with E-state index in [2.05, 4.69) is 10.1 Å². The van der Waals surface area contributed by atoms with Crippen LogP contribution in [0.5, 0.6) is 11.5 Å². The molecule has 0 aliphatic carbocycles. The number of ether oxygens (including phenoxy) is 2. The minimum atomic E-state index is -2.15. The SMILES string of the molecule is Cc1nc(-c2ccc3c(c2)OC(F)(I)O3)no1. The molecule has 0 fully saturated rings. The van der Waals surface area contributed by atoms with Crippen molar-refractivity contribution in [3.05, 3.63) is 24.1 Å². The van der Waals surface area contributed by atoms with Gasteiger partial charge in [-0.2, -0.15) is 4.98 Å². The quantitative estimate of drug-likeness (QED) is 0.586. The minimum absolute atomic E-state index is 0.321. The molecule has 1 aliphatic heterocycles. The van der Waals surface area contributed by atoms with Crippen molar-refractivity contribution in [3.63, 3.8) is 0 Å². The van der Waals surface area contributed by atoms with Gasteiger partial charge < -0.3 is 14.0 Å². The number of halogens is 2. The summed E-state index contributed by atoms with van der Waals surface area (Å²) in [6.45, 7) is 1.70. The van der Waals surface area contributed by atoms with Gasteiger partial charge in [0.1, 0.15) is 0 Å². The van der Waals surface area contributed by atoms with Gasteiger partial charge in [0.2, 0.25) is 11.7 Å². The molecule has 0 amide bonds. The molecule has 1 aromatic carbocycles. The highest BCUT2D eigenvalue weighted by molar-refractivity contribution is 14.1. The van der Waals surface area contributed by atoms with Crippen molar-refractivity contribution < 1.29 is 18.4 Å². The van der Waals surface area contributed by atoms with Gasteiger partial charge in [-0.3, -0.25) is 0 Å². The highest BCUT2D eigenvalue weighted by Gasteiger charge is 2.39. The first-order chi connectivity index (χ1) is 8.03. The number of alkyl halides is 2. The highest BCUT2D eigenvalue weighted by Crippen LogP contribution is 2.44. The van der Waals surface area contributed by atoms with Crippen LogP contribution in [0.25, 0.3) is 11.4 Å². The Kier molecular flexibility index (Phi) is 2.25. The number of benzene rings is 1. The number of aromatic nitrogens is 2. The Hall–Kier alpha value is -1.38. The van der Waals surface area contributed by atoms with E-state index in [9.17, 15) is 4.39 Å². The lowest BCUT2D eigenvalue weighted by Gasteiger charge is -2.07. The second kappa shape index (κ2) is 3.56. The van der Waals surface area contributed by atoms with Crippen molar-refractivity contribution in [3.8, 4) is 22.9 Å². The lowest BCUT2D eigenvalue weighted by molar-refractivity contribution is -0.0844. The number of nitrogens with zero attached hydrogens (tertiary/aromatic N) is 2. The molecule has 5 nitrogen and oxygen atoms in total. The van der Waals surface area contributed by atoms with E-state index < -0.39 is 4.05 Å². The predicted molar refractivity (Wildman–Crippen MR) is 63.6 cm³/mol. The summed E-state index contributed by atoms with van der Waals surface area (Å²) in [5.41, 5.74) is 0.679. The maximum absolute atomic E-state index is 13.4. The van der Waals surface area contributed by atoms with Crippen molar-refractivity contribution in [1.29, 1.82) is 0 Å². The molecule has 0 N–H and O–H groups in total. The molecule has 2 heterocycles. The fraction of sp³-hybridized carbons (Fsp3) is 0.200. The minimum Gasteiger partial charge on any atom is -0.415 e. The fourth-order valence-electron chi connectivity index (χ4n) is 1.50. The van der Waals surface area contributed by atoms with E-state index in [1.165, 1.54) is 22.6 Å². The van der Waals surface area contributed by atoms with E-state index in [1.807, 2.05) is 0 Å². The Balaban J connectivity index is 2.01. The maximum atomic E-state index is 13.4. The highest BCUT2D eigenvalue weighted by atomic mass is 127. The molecular formula is C10H6FIN2O3. The van der Waals surface area contributed by atoms with E-state index in [1.54, 1.807) is 25.1 Å². The molecule has 17 heavy (non-hydrogen) atoms. The standard InChI is InChI=1S/C10H6FIN2O3/c1-5-13-9(14-17-5)6-2-3-7-8(4-6)16-10(11,12)15-7/h2-4H,1H3. The number of fused-ring (bicyclic) bond motifs is 1. The lowest BCUT2D eigenvalue weighted by atomic mass is 10.2. The first kappa shape index (κ1) is 10.8. The van der Waals surface area contributed by atoms with Gasteiger partial charge in [-0.05, 0) is 18.2 Å². The van der Waals surface area contributed by atoms with Crippen molar-refractivity contribution in [2.45, 2.75) is 11.0 Å². The first-order valence-corrected chi connectivity index (χ1v) is 5.82. The van der Waals surface area contributed by atoms with Crippen molar-refractivity contribution in [1.82, 2.24) is 10.1 Å². The van der Waals surface area contributed by atoms with Crippen molar-refractivity contribution in [2.75, 3.05) is 0 Å². The molecule has 7 heteroatoms. The second-order valence-electron chi connectivity index (χ2n) is 3.47. The molecule has 0 spiro atoms. The Labute approximate surface area is 109 Å². The third-order valence-corrected chi connectivity index (χ3v) is 2.63. The van der Waals surface area contributed by atoms with Crippen LogP contribution >= 0.6 is 22.6 Å². The van der Waals surface area contributed by atoms with Crippen LogP contribution in [0.3, 0.4) is 0 Å². The van der Waals surface area contributed by atoms with Crippen LogP contribution < -0.4 is 9.47 Å². The largest absolute Gasteiger partial charge is 0.462 e. The summed E-state index contributed by atoms with van der Waals surface area (Å²) in [6.07, 6.45) is 0. The van der Waals surface area contributed by atoms with Gasteiger partial charge >= 0.3 is 4.05 Å². The van der Waals surface area contributed by atoms with Gasteiger partial charge in [0.25, 0.3) is 0 Å². The molecule has 0 saturated heterocycles. The summed E-state index contributed by atoms with van der Waals surface area (Å²) in [4.78, 5) is 4.07. The van der Waals surface area contributed by atoms with Gasteiger partial charge in [0.15, 0.2) is 11.5 Å². The first-order valence-electron chi connectivity index (χ1n) is 4.74. The number of hydrogen-bond donors (Lipinski definition) is 0. The summed E-state index contributed by atoms with van der Waals surface area (Å²) in [5.74, 6) is 1.57. The molecule has 0 saturated carbocycles. The Morgan fingerprint density at radius 1 is 1.29 bits per heavy atom. The number of aryl methyl sites for hydroxylation is 1. The predicted octanol–water partition coefficient (Wildman–Crippen LogP) is 2.83. The molecular weight excluding hydrogens is 342 g/mol. The van der Waals surface area contributed by atoms with Crippen molar-refractivity contribution >= 4 is 22.6 Å². The maximum Gasteiger partial charge on any atom is 0.462 e. The van der Waals surface area contributed by atoms with Gasteiger partial charge in [0, 0.05) is 12.5 Å². The van der Waals surface area contributed by atoms with Crippen LogP contribution in [0, 0.1) is 6.92 Å². The van der Waals surface area contributed by atoms with E-state index in [0.29, 0.717) is 28.8 Å². The monoisotopic (exact) mass is 348 g/mol. The third-order valence-electron chi connectivity index (χ3n) is 2.19. The number of hydrogen-bond acceptors (Lipinski definition) is 5. The smallest absolute Gasteiger partial charge is 0.415 e. The molecule has 1 aliphatic rings. The molecule has 88 valence electrons. The molecule has 3 rings (SSSR count). The normalized spacial score (nSPS) is 21.8. The van der Waals surface area contributed by atoms with Crippen LogP contribution in [0.4, 0.5) is 4.39 Å². The van der Waals surface area contributed by atoms with Gasteiger partial charge in [-0.15, -0.1) is 4.39 Å². The van der Waals surface area contributed by atoms with E-state index in [0.717, 1.165) is 0 Å². The van der Waals surface area contributed by atoms with Gasteiger partial charge in [-0.25, -0.2) is 0 Å². The molecule has 2 aromatic rings. The van der Waals surface area contributed by atoms with Gasteiger partial charge in [-0.1, -0.05) is 5.16 Å². The molecule has 0 radical (unpaired) electrons. The third kappa shape index (κ3) is 1.94. The van der Waals surface area contributed by atoms with Crippen molar-refractivity contribution in [2.24, 2.45) is 0 Å². The van der Waals surface area contributed by atoms with Crippen LogP contribution in [0.1, 0.15) is 5.89 Å². The summed E-state index contributed by atoms with van der Waals surface area (Å²) < 4.78 is 26.1. The molecule has 0 bridgehead atoms. The Morgan fingerprint density at radius 3 is 2.76 bits per heavy atom. The van der Waals surface area contributed by atoms with Crippen LogP contribution in [0.15, 0.2) is 22.7 Å². The summed E-state index contributed by atoms with van der Waals surface area (Å²) in [7, 11) is 0.